The molecule has 5 heteroatoms. The van der Waals surface area contributed by atoms with Gasteiger partial charge >= 0.3 is 0 Å². The standard InChI is InChI=1S/C23H23N3O2/c27-22(11-5-8-18-6-2-1-3-7-18)25-17-19-9-4-10-21(16-19)26-23(28)20-12-14-24-15-13-20/h1-4,6-7,9-10,12-16H,5,8,11,17H2,(H,25,27)(H,26,28). The summed E-state index contributed by atoms with van der Waals surface area (Å²) in [6.07, 6.45) is 5.37. The van der Waals surface area contributed by atoms with E-state index in [9.17, 15) is 9.59 Å². The third-order valence-corrected chi connectivity index (χ3v) is 4.33. The van der Waals surface area contributed by atoms with Gasteiger partial charge in [0, 0.05) is 36.6 Å². The molecule has 0 saturated carbocycles. The van der Waals surface area contributed by atoms with Crippen LogP contribution >= 0.6 is 0 Å². The number of amides is 2. The molecule has 5 nitrogen and oxygen atoms in total. The van der Waals surface area contributed by atoms with E-state index in [1.807, 2.05) is 42.5 Å². The molecule has 0 unspecified atom stereocenters. The molecule has 2 N–H and O–H groups in total. The minimum Gasteiger partial charge on any atom is -0.352 e. The maximum atomic E-state index is 12.2. The maximum absolute atomic E-state index is 12.2. The van der Waals surface area contributed by atoms with Crippen LogP contribution in [-0.2, 0) is 17.8 Å². The molecule has 0 bridgehead atoms. The van der Waals surface area contributed by atoms with Gasteiger partial charge in [-0.05, 0) is 48.2 Å². The van der Waals surface area contributed by atoms with Crippen LogP contribution in [-0.4, -0.2) is 16.8 Å². The topological polar surface area (TPSA) is 71.1 Å². The Bertz CT molecular complexity index is 911. The van der Waals surface area contributed by atoms with Gasteiger partial charge in [-0.15, -0.1) is 0 Å². The van der Waals surface area contributed by atoms with E-state index >= 15 is 0 Å². The molecule has 142 valence electrons. The van der Waals surface area contributed by atoms with Gasteiger partial charge in [0.15, 0.2) is 0 Å². The van der Waals surface area contributed by atoms with Crippen LogP contribution in [0.4, 0.5) is 5.69 Å². The van der Waals surface area contributed by atoms with E-state index in [2.05, 4.69) is 27.8 Å². The average molecular weight is 373 g/mol. The molecule has 0 spiro atoms. The van der Waals surface area contributed by atoms with E-state index in [0.29, 0.717) is 24.2 Å². The SMILES string of the molecule is O=C(CCCc1ccccc1)NCc1cccc(NC(=O)c2ccncc2)c1. The van der Waals surface area contributed by atoms with Crippen LogP contribution in [0.2, 0.25) is 0 Å². The predicted molar refractivity (Wildman–Crippen MR) is 110 cm³/mol. The zero-order chi connectivity index (χ0) is 19.6. The van der Waals surface area contributed by atoms with Gasteiger partial charge in [-0.1, -0.05) is 42.5 Å². The zero-order valence-corrected chi connectivity index (χ0v) is 15.6. The fraction of sp³-hybridized carbons (Fsp3) is 0.174. The molecular formula is C23H23N3O2. The molecule has 3 rings (SSSR count). The Hall–Kier alpha value is -3.47. The van der Waals surface area contributed by atoms with Gasteiger partial charge in [-0.3, -0.25) is 14.6 Å². The Morgan fingerprint density at radius 3 is 2.39 bits per heavy atom. The highest BCUT2D eigenvalue weighted by Crippen LogP contribution is 2.12. The Balaban J connectivity index is 1.45. The zero-order valence-electron chi connectivity index (χ0n) is 15.6. The molecule has 0 aliphatic heterocycles. The Morgan fingerprint density at radius 1 is 0.857 bits per heavy atom. The maximum Gasteiger partial charge on any atom is 0.255 e. The smallest absolute Gasteiger partial charge is 0.255 e. The number of pyridine rings is 1. The minimum absolute atomic E-state index is 0.0298. The third kappa shape index (κ3) is 6.06. The third-order valence-electron chi connectivity index (χ3n) is 4.33. The van der Waals surface area contributed by atoms with E-state index in [4.69, 9.17) is 0 Å². The summed E-state index contributed by atoms with van der Waals surface area (Å²) in [5, 5.41) is 5.80. The summed E-state index contributed by atoms with van der Waals surface area (Å²) in [7, 11) is 0. The number of hydrogen-bond acceptors (Lipinski definition) is 3. The van der Waals surface area contributed by atoms with Crippen molar-refractivity contribution in [1.29, 1.82) is 0 Å². The number of carbonyl (C=O) groups excluding carboxylic acids is 2. The van der Waals surface area contributed by atoms with Crippen molar-refractivity contribution in [2.45, 2.75) is 25.8 Å². The van der Waals surface area contributed by atoms with E-state index in [0.717, 1.165) is 18.4 Å². The number of rotatable bonds is 8. The molecular weight excluding hydrogens is 350 g/mol. The lowest BCUT2D eigenvalue weighted by atomic mass is 10.1. The predicted octanol–water partition coefficient (Wildman–Crippen LogP) is 3.97. The first-order chi connectivity index (χ1) is 13.7. The van der Waals surface area contributed by atoms with E-state index in [-0.39, 0.29) is 11.8 Å². The molecule has 1 aromatic heterocycles. The van der Waals surface area contributed by atoms with Crippen molar-refractivity contribution in [2.75, 3.05) is 5.32 Å². The molecule has 0 radical (unpaired) electrons. The van der Waals surface area contributed by atoms with Crippen molar-refractivity contribution in [2.24, 2.45) is 0 Å². The highest BCUT2D eigenvalue weighted by Gasteiger charge is 2.06. The lowest BCUT2D eigenvalue weighted by Crippen LogP contribution is -2.22. The highest BCUT2D eigenvalue weighted by molar-refractivity contribution is 6.04. The Morgan fingerprint density at radius 2 is 1.61 bits per heavy atom. The van der Waals surface area contributed by atoms with Crippen molar-refractivity contribution >= 4 is 17.5 Å². The van der Waals surface area contributed by atoms with Gasteiger partial charge < -0.3 is 10.6 Å². The van der Waals surface area contributed by atoms with Crippen molar-refractivity contribution in [3.05, 3.63) is 95.8 Å². The quantitative estimate of drug-likeness (QED) is 0.627. The molecule has 0 saturated heterocycles. The number of carbonyl (C=O) groups is 2. The van der Waals surface area contributed by atoms with Gasteiger partial charge in [0.2, 0.25) is 5.91 Å². The van der Waals surface area contributed by atoms with Gasteiger partial charge in [0.1, 0.15) is 0 Å². The van der Waals surface area contributed by atoms with Crippen molar-refractivity contribution in [3.8, 4) is 0 Å². The van der Waals surface area contributed by atoms with Gasteiger partial charge in [-0.25, -0.2) is 0 Å². The second-order valence-electron chi connectivity index (χ2n) is 6.51. The number of benzene rings is 2. The number of aromatic nitrogens is 1. The summed E-state index contributed by atoms with van der Waals surface area (Å²) in [6.45, 7) is 0.434. The van der Waals surface area contributed by atoms with E-state index < -0.39 is 0 Å². The van der Waals surface area contributed by atoms with Crippen molar-refractivity contribution in [1.82, 2.24) is 10.3 Å². The lowest BCUT2D eigenvalue weighted by molar-refractivity contribution is -0.121. The van der Waals surface area contributed by atoms with Crippen LogP contribution in [0, 0.1) is 0 Å². The second kappa shape index (κ2) is 10.0. The van der Waals surface area contributed by atoms with Crippen LogP contribution in [0.5, 0.6) is 0 Å². The molecule has 0 atom stereocenters. The number of nitrogens with one attached hydrogen (secondary N) is 2. The first-order valence-electron chi connectivity index (χ1n) is 9.31. The Labute approximate surface area is 164 Å². The summed E-state index contributed by atoms with van der Waals surface area (Å²) in [4.78, 5) is 28.2. The van der Waals surface area contributed by atoms with Gasteiger partial charge in [0.05, 0.1) is 0 Å². The van der Waals surface area contributed by atoms with Crippen LogP contribution in [0.15, 0.2) is 79.1 Å². The number of hydrogen-bond donors (Lipinski definition) is 2. The van der Waals surface area contributed by atoms with Crippen LogP contribution in [0.3, 0.4) is 0 Å². The molecule has 2 aromatic carbocycles. The van der Waals surface area contributed by atoms with Crippen LogP contribution in [0.1, 0.15) is 34.3 Å². The first-order valence-corrected chi connectivity index (χ1v) is 9.31. The molecule has 0 aliphatic carbocycles. The molecule has 0 aliphatic rings. The summed E-state index contributed by atoms with van der Waals surface area (Å²) < 4.78 is 0. The molecule has 2 amide bonds. The van der Waals surface area contributed by atoms with Crippen LogP contribution in [0.25, 0.3) is 0 Å². The largest absolute Gasteiger partial charge is 0.352 e. The highest BCUT2D eigenvalue weighted by atomic mass is 16.2. The normalized spacial score (nSPS) is 10.3. The summed E-state index contributed by atoms with van der Waals surface area (Å²) in [5.41, 5.74) is 3.42. The fourth-order valence-electron chi connectivity index (χ4n) is 2.85. The van der Waals surface area contributed by atoms with E-state index in [1.54, 1.807) is 24.5 Å². The monoisotopic (exact) mass is 373 g/mol. The molecule has 0 fully saturated rings. The second-order valence-corrected chi connectivity index (χ2v) is 6.51. The number of nitrogens with zero attached hydrogens (tertiary/aromatic N) is 1. The molecule has 1 heterocycles. The fourth-order valence-corrected chi connectivity index (χ4v) is 2.85. The minimum atomic E-state index is -0.190. The summed E-state index contributed by atoms with van der Waals surface area (Å²) in [5.74, 6) is -0.161. The van der Waals surface area contributed by atoms with Crippen LogP contribution < -0.4 is 10.6 Å². The first kappa shape index (κ1) is 19.3. The lowest BCUT2D eigenvalue weighted by Gasteiger charge is -2.09. The van der Waals surface area contributed by atoms with Crippen molar-refractivity contribution in [3.63, 3.8) is 0 Å². The van der Waals surface area contributed by atoms with Crippen molar-refractivity contribution < 1.29 is 9.59 Å². The molecule has 3 aromatic rings. The van der Waals surface area contributed by atoms with E-state index in [1.165, 1.54) is 5.56 Å². The summed E-state index contributed by atoms with van der Waals surface area (Å²) >= 11 is 0. The van der Waals surface area contributed by atoms with Gasteiger partial charge in [-0.2, -0.15) is 0 Å². The molecule has 28 heavy (non-hydrogen) atoms. The Kier molecular flexibility index (Phi) is 6.90. The van der Waals surface area contributed by atoms with Gasteiger partial charge in [0.25, 0.3) is 5.91 Å². The average Bonchev–Trinajstić information content (AvgIpc) is 2.74. The number of anilines is 1. The number of aryl methyl sites for hydroxylation is 1. The summed E-state index contributed by atoms with van der Waals surface area (Å²) in [6, 6.07) is 20.9.